The molecule has 0 aliphatic carbocycles. The monoisotopic (exact) mass is 317 g/mol. The smallest absolute Gasteiger partial charge is 0.387 e. The van der Waals surface area contributed by atoms with Crippen LogP contribution in [0.15, 0.2) is 30.5 Å². The van der Waals surface area contributed by atoms with Crippen LogP contribution < -0.4 is 4.74 Å². The molecule has 0 radical (unpaired) electrons. The number of rotatable bonds is 4. The van der Waals surface area contributed by atoms with Gasteiger partial charge >= 0.3 is 6.61 Å². The maximum Gasteiger partial charge on any atom is 0.387 e. The van der Waals surface area contributed by atoms with Crippen LogP contribution in [0.5, 0.6) is 5.75 Å². The van der Waals surface area contributed by atoms with Crippen molar-refractivity contribution < 1.29 is 13.5 Å². The molecule has 7 heteroatoms. The van der Waals surface area contributed by atoms with Crippen LogP contribution in [0, 0.1) is 0 Å². The Balaban J connectivity index is 2.17. The van der Waals surface area contributed by atoms with Gasteiger partial charge < -0.3 is 4.74 Å². The number of halogens is 3. The van der Waals surface area contributed by atoms with E-state index in [2.05, 4.69) is 31.0 Å². The van der Waals surface area contributed by atoms with Gasteiger partial charge in [-0.3, -0.25) is 0 Å². The number of hydrogen-bond acceptors (Lipinski definition) is 3. The molecule has 0 bridgehead atoms. The van der Waals surface area contributed by atoms with Gasteiger partial charge in [-0.2, -0.15) is 8.78 Å². The Morgan fingerprint density at radius 1 is 1.28 bits per heavy atom. The molecule has 96 valence electrons. The largest absolute Gasteiger partial charge is 0.435 e. The van der Waals surface area contributed by atoms with Crippen molar-refractivity contribution in [1.82, 2.24) is 15.0 Å². The van der Waals surface area contributed by atoms with Crippen molar-refractivity contribution in [3.8, 4) is 11.4 Å². The molecule has 18 heavy (non-hydrogen) atoms. The Labute approximate surface area is 111 Å². The molecule has 1 atom stereocenters. The number of ether oxygens (including phenoxy) is 1. The van der Waals surface area contributed by atoms with Gasteiger partial charge in [-0.15, -0.1) is 5.10 Å². The van der Waals surface area contributed by atoms with Gasteiger partial charge in [0.15, 0.2) is 0 Å². The first kappa shape index (κ1) is 12.9. The Morgan fingerprint density at radius 2 is 1.94 bits per heavy atom. The lowest BCUT2D eigenvalue weighted by atomic mass is 10.3. The lowest BCUT2D eigenvalue weighted by molar-refractivity contribution is -0.0498. The highest BCUT2D eigenvalue weighted by molar-refractivity contribution is 9.09. The fourth-order valence-corrected chi connectivity index (χ4v) is 1.58. The highest BCUT2D eigenvalue weighted by Crippen LogP contribution is 2.21. The summed E-state index contributed by atoms with van der Waals surface area (Å²) in [7, 11) is 0. The normalized spacial score (nSPS) is 12.7. The van der Waals surface area contributed by atoms with E-state index >= 15 is 0 Å². The molecule has 1 aromatic heterocycles. The molecule has 0 N–H and O–H groups in total. The molecule has 0 saturated heterocycles. The van der Waals surface area contributed by atoms with Gasteiger partial charge in [-0.1, -0.05) is 21.1 Å². The van der Waals surface area contributed by atoms with Crippen LogP contribution in [0.25, 0.3) is 5.69 Å². The van der Waals surface area contributed by atoms with Gasteiger partial charge in [-0.05, 0) is 31.2 Å². The third-order valence-corrected chi connectivity index (χ3v) is 2.71. The van der Waals surface area contributed by atoms with E-state index in [0.29, 0.717) is 0 Å². The number of aromatic nitrogens is 3. The summed E-state index contributed by atoms with van der Waals surface area (Å²) in [6.07, 6.45) is 1.77. The Morgan fingerprint density at radius 3 is 2.44 bits per heavy atom. The standard InChI is InChI=1S/C11H10BrF2N3O/c1-7(12)10-6-17(16-15-10)8-2-4-9(5-3-8)18-11(13)14/h2-7,11H,1H3. The maximum absolute atomic E-state index is 12.0. The molecule has 0 saturated carbocycles. The summed E-state index contributed by atoms with van der Waals surface area (Å²) >= 11 is 3.39. The van der Waals surface area contributed by atoms with E-state index in [1.54, 1.807) is 23.0 Å². The van der Waals surface area contributed by atoms with Crippen molar-refractivity contribution in [2.24, 2.45) is 0 Å². The summed E-state index contributed by atoms with van der Waals surface area (Å²) in [6.45, 7) is -0.878. The topological polar surface area (TPSA) is 39.9 Å². The number of alkyl halides is 3. The van der Waals surface area contributed by atoms with Crippen LogP contribution in [-0.2, 0) is 0 Å². The fourth-order valence-electron chi connectivity index (χ4n) is 1.37. The van der Waals surface area contributed by atoms with Crippen LogP contribution in [0.1, 0.15) is 17.4 Å². The van der Waals surface area contributed by atoms with E-state index in [-0.39, 0.29) is 10.6 Å². The number of nitrogens with zero attached hydrogens (tertiary/aromatic N) is 3. The maximum atomic E-state index is 12.0. The van der Waals surface area contributed by atoms with Gasteiger partial charge in [0.25, 0.3) is 0 Å². The quantitative estimate of drug-likeness (QED) is 0.812. The molecule has 0 amide bonds. The third-order valence-electron chi connectivity index (χ3n) is 2.25. The SMILES string of the molecule is CC(Br)c1cn(-c2ccc(OC(F)F)cc2)nn1. The Hall–Kier alpha value is -1.50. The van der Waals surface area contributed by atoms with Gasteiger partial charge in [-0.25, -0.2) is 4.68 Å². The summed E-state index contributed by atoms with van der Waals surface area (Å²) < 4.78 is 29.8. The first-order valence-electron chi connectivity index (χ1n) is 5.18. The Kier molecular flexibility index (Phi) is 3.90. The second-order valence-corrected chi connectivity index (χ2v) is 4.95. The van der Waals surface area contributed by atoms with Crippen molar-refractivity contribution in [3.05, 3.63) is 36.2 Å². The lowest BCUT2D eigenvalue weighted by Crippen LogP contribution is -2.02. The zero-order valence-electron chi connectivity index (χ0n) is 9.43. The first-order valence-corrected chi connectivity index (χ1v) is 6.09. The molecule has 0 aliphatic rings. The van der Waals surface area contributed by atoms with Crippen LogP contribution in [-0.4, -0.2) is 21.6 Å². The molecule has 0 spiro atoms. The summed E-state index contributed by atoms with van der Waals surface area (Å²) in [5.74, 6) is 0.114. The van der Waals surface area contributed by atoms with Gasteiger partial charge in [0.05, 0.1) is 22.4 Å². The average molecular weight is 318 g/mol. The fraction of sp³-hybridized carbons (Fsp3) is 0.273. The van der Waals surface area contributed by atoms with E-state index < -0.39 is 6.61 Å². The van der Waals surface area contributed by atoms with Crippen molar-refractivity contribution in [2.75, 3.05) is 0 Å². The molecular formula is C11H10BrF2N3O. The van der Waals surface area contributed by atoms with Crippen molar-refractivity contribution in [3.63, 3.8) is 0 Å². The van der Waals surface area contributed by atoms with Crippen LogP contribution in [0.3, 0.4) is 0 Å². The zero-order chi connectivity index (χ0) is 13.1. The molecule has 4 nitrogen and oxygen atoms in total. The summed E-state index contributed by atoms with van der Waals surface area (Å²) in [5, 5.41) is 7.92. The predicted octanol–water partition coefficient (Wildman–Crippen LogP) is 3.32. The summed E-state index contributed by atoms with van der Waals surface area (Å²) in [6, 6.07) is 6.19. The van der Waals surface area contributed by atoms with E-state index in [1.165, 1.54) is 12.1 Å². The van der Waals surface area contributed by atoms with Crippen LogP contribution in [0.2, 0.25) is 0 Å². The van der Waals surface area contributed by atoms with E-state index in [9.17, 15) is 8.78 Å². The molecule has 1 heterocycles. The highest BCUT2D eigenvalue weighted by Gasteiger charge is 2.08. The minimum atomic E-state index is -2.82. The molecule has 0 aliphatic heterocycles. The van der Waals surface area contributed by atoms with Crippen molar-refractivity contribution in [1.29, 1.82) is 0 Å². The second kappa shape index (κ2) is 5.43. The second-order valence-electron chi connectivity index (χ2n) is 3.58. The first-order chi connectivity index (χ1) is 8.56. The average Bonchev–Trinajstić information content (AvgIpc) is 2.78. The molecule has 2 rings (SSSR count). The molecule has 0 fully saturated rings. The summed E-state index contributed by atoms with van der Waals surface area (Å²) in [5.41, 5.74) is 1.52. The minimum absolute atomic E-state index is 0.104. The van der Waals surface area contributed by atoms with E-state index in [1.807, 2.05) is 6.92 Å². The molecule has 2 aromatic rings. The summed E-state index contributed by atoms with van der Waals surface area (Å²) in [4.78, 5) is 0.104. The lowest BCUT2D eigenvalue weighted by Gasteiger charge is -2.05. The minimum Gasteiger partial charge on any atom is -0.435 e. The van der Waals surface area contributed by atoms with Gasteiger partial charge in [0.1, 0.15) is 5.75 Å². The Bertz CT molecular complexity index is 513. The molecule has 1 aromatic carbocycles. The zero-order valence-corrected chi connectivity index (χ0v) is 11.0. The number of benzene rings is 1. The number of hydrogen-bond donors (Lipinski definition) is 0. The molecular weight excluding hydrogens is 308 g/mol. The van der Waals surface area contributed by atoms with Crippen molar-refractivity contribution in [2.45, 2.75) is 18.4 Å². The van der Waals surface area contributed by atoms with Gasteiger partial charge in [0.2, 0.25) is 0 Å². The predicted molar refractivity (Wildman–Crippen MR) is 65.3 cm³/mol. The third kappa shape index (κ3) is 3.04. The van der Waals surface area contributed by atoms with Gasteiger partial charge in [0, 0.05) is 0 Å². The van der Waals surface area contributed by atoms with Crippen LogP contribution in [0.4, 0.5) is 8.78 Å². The highest BCUT2D eigenvalue weighted by atomic mass is 79.9. The van der Waals surface area contributed by atoms with E-state index in [0.717, 1.165) is 11.4 Å². The van der Waals surface area contributed by atoms with Crippen LogP contribution >= 0.6 is 15.9 Å². The van der Waals surface area contributed by atoms with E-state index in [4.69, 9.17) is 0 Å². The van der Waals surface area contributed by atoms with Crippen molar-refractivity contribution >= 4 is 15.9 Å². The molecule has 1 unspecified atom stereocenters.